The van der Waals surface area contributed by atoms with Gasteiger partial charge in [-0.3, -0.25) is 4.79 Å². The van der Waals surface area contributed by atoms with Crippen molar-refractivity contribution in [3.63, 3.8) is 0 Å². The number of halogens is 1. The van der Waals surface area contributed by atoms with Crippen LogP contribution in [0.4, 0.5) is 11.5 Å². The van der Waals surface area contributed by atoms with Crippen molar-refractivity contribution in [1.29, 1.82) is 0 Å². The Bertz CT molecular complexity index is 687. The Hall–Kier alpha value is -2.07. The minimum absolute atomic E-state index is 0.112. The molecular formula is C16H16ClN3O. The van der Waals surface area contributed by atoms with Gasteiger partial charge in [0.2, 0.25) is 5.91 Å². The fraction of sp³-hybridized carbons (Fsp3) is 0.250. The van der Waals surface area contributed by atoms with Gasteiger partial charge in [0.05, 0.1) is 17.3 Å². The number of nitrogens with one attached hydrogen (secondary N) is 1. The quantitative estimate of drug-likeness (QED) is 0.946. The fourth-order valence-corrected chi connectivity index (χ4v) is 2.72. The van der Waals surface area contributed by atoms with Crippen molar-refractivity contribution in [1.82, 2.24) is 4.98 Å². The van der Waals surface area contributed by atoms with E-state index in [1.807, 2.05) is 24.3 Å². The number of hydrogen-bond acceptors (Lipinski definition) is 3. The molecule has 0 saturated heterocycles. The number of anilines is 2. The minimum Gasteiger partial charge on any atom is -0.373 e. The molecule has 0 radical (unpaired) electrons. The lowest BCUT2D eigenvalue weighted by molar-refractivity contribution is -0.119. The number of nitrogens with zero attached hydrogens (tertiary/aromatic N) is 2. The van der Waals surface area contributed by atoms with Crippen molar-refractivity contribution in [3.8, 4) is 0 Å². The second-order valence-electron chi connectivity index (χ2n) is 4.98. The van der Waals surface area contributed by atoms with Gasteiger partial charge in [-0.05, 0) is 30.2 Å². The van der Waals surface area contributed by atoms with Crippen LogP contribution < -0.4 is 10.2 Å². The number of aromatic nitrogens is 1. The van der Waals surface area contributed by atoms with Crippen molar-refractivity contribution < 1.29 is 4.79 Å². The molecule has 2 aromatic rings. The molecule has 0 atom stereocenters. The van der Waals surface area contributed by atoms with Gasteiger partial charge in [-0.15, -0.1) is 0 Å². The van der Waals surface area contributed by atoms with Crippen LogP contribution in [-0.4, -0.2) is 17.9 Å². The van der Waals surface area contributed by atoms with E-state index in [2.05, 4.69) is 16.4 Å². The smallest absolute Gasteiger partial charge is 0.227 e. The summed E-state index contributed by atoms with van der Waals surface area (Å²) in [5.74, 6) is 0.855. The lowest BCUT2D eigenvalue weighted by Gasteiger charge is -2.29. The van der Waals surface area contributed by atoms with Crippen molar-refractivity contribution >= 4 is 29.0 Å². The van der Waals surface area contributed by atoms with Crippen LogP contribution in [0.15, 0.2) is 36.4 Å². The summed E-state index contributed by atoms with van der Waals surface area (Å²) in [7, 11) is 1.81. The number of carbonyl (C=O) groups is 1. The first-order valence-electron chi connectivity index (χ1n) is 6.90. The highest BCUT2D eigenvalue weighted by molar-refractivity contribution is 6.31. The number of fused-ring (bicyclic) bond motifs is 1. The number of amides is 1. The first-order valence-corrected chi connectivity index (χ1v) is 7.28. The highest BCUT2D eigenvalue weighted by atomic mass is 35.5. The number of para-hydroxylation sites is 1. The van der Waals surface area contributed by atoms with Crippen molar-refractivity contribution in [2.75, 3.05) is 17.3 Å². The van der Waals surface area contributed by atoms with Gasteiger partial charge in [-0.1, -0.05) is 29.8 Å². The maximum Gasteiger partial charge on any atom is 0.227 e. The number of aryl methyl sites for hydroxylation is 1. The summed E-state index contributed by atoms with van der Waals surface area (Å²) < 4.78 is 0. The zero-order valence-electron chi connectivity index (χ0n) is 11.8. The van der Waals surface area contributed by atoms with Gasteiger partial charge in [0.1, 0.15) is 5.82 Å². The number of hydrogen-bond donors (Lipinski definition) is 1. The van der Waals surface area contributed by atoms with E-state index in [0.29, 0.717) is 23.7 Å². The molecule has 1 aromatic heterocycles. The van der Waals surface area contributed by atoms with E-state index in [9.17, 15) is 4.79 Å². The Morgan fingerprint density at radius 3 is 2.86 bits per heavy atom. The Morgan fingerprint density at radius 2 is 2.05 bits per heavy atom. The van der Waals surface area contributed by atoms with Crippen LogP contribution in [0.1, 0.15) is 17.7 Å². The number of carbonyl (C=O) groups excluding carboxylic acids is 1. The van der Waals surface area contributed by atoms with E-state index in [1.165, 1.54) is 5.56 Å². The summed E-state index contributed by atoms with van der Waals surface area (Å²) in [5.41, 5.74) is 2.85. The molecule has 21 heavy (non-hydrogen) atoms. The van der Waals surface area contributed by atoms with Crippen molar-refractivity contribution in [2.24, 2.45) is 0 Å². The van der Waals surface area contributed by atoms with E-state index in [4.69, 9.17) is 11.6 Å². The standard InChI is InChI=1S/C16H16ClN3O/c1-18-15-8-7-12(17)13(19-15)10-20-14-5-3-2-4-11(14)6-9-16(20)21/h2-5,7-8H,6,9-10H2,1H3,(H,18,19). The lowest BCUT2D eigenvalue weighted by atomic mass is 10.0. The first-order chi connectivity index (χ1) is 10.2. The third kappa shape index (κ3) is 2.72. The van der Waals surface area contributed by atoms with E-state index >= 15 is 0 Å². The molecule has 3 rings (SSSR count). The largest absolute Gasteiger partial charge is 0.373 e. The molecular weight excluding hydrogens is 286 g/mol. The molecule has 0 fully saturated rings. The molecule has 0 bridgehead atoms. The van der Waals surface area contributed by atoms with Crippen LogP contribution in [0, 0.1) is 0 Å². The fourth-order valence-electron chi connectivity index (χ4n) is 2.55. The Kier molecular flexibility index (Phi) is 3.80. The number of benzene rings is 1. The molecule has 1 aliphatic heterocycles. The predicted molar refractivity (Wildman–Crippen MR) is 84.7 cm³/mol. The van der Waals surface area contributed by atoms with Crippen LogP contribution in [0.2, 0.25) is 5.02 Å². The van der Waals surface area contributed by atoms with Gasteiger partial charge in [0.25, 0.3) is 0 Å². The first kappa shape index (κ1) is 13.9. The molecule has 1 aromatic carbocycles. The average molecular weight is 302 g/mol. The molecule has 2 heterocycles. The van der Waals surface area contributed by atoms with Crippen LogP contribution >= 0.6 is 11.6 Å². The van der Waals surface area contributed by atoms with Gasteiger partial charge in [-0.25, -0.2) is 4.98 Å². The third-order valence-electron chi connectivity index (χ3n) is 3.67. The van der Waals surface area contributed by atoms with E-state index in [-0.39, 0.29) is 5.91 Å². The Balaban J connectivity index is 1.96. The highest BCUT2D eigenvalue weighted by Crippen LogP contribution is 2.30. The molecule has 5 heteroatoms. The molecule has 0 aliphatic carbocycles. The monoisotopic (exact) mass is 301 g/mol. The second kappa shape index (κ2) is 5.74. The van der Waals surface area contributed by atoms with Crippen LogP contribution in [0.25, 0.3) is 0 Å². The lowest BCUT2D eigenvalue weighted by Crippen LogP contribution is -2.34. The maximum atomic E-state index is 12.3. The summed E-state index contributed by atoms with van der Waals surface area (Å²) in [6, 6.07) is 11.6. The van der Waals surface area contributed by atoms with Gasteiger partial charge in [0.15, 0.2) is 0 Å². The summed E-state index contributed by atoms with van der Waals surface area (Å²) in [6.45, 7) is 0.393. The molecule has 0 saturated carbocycles. The summed E-state index contributed by atoms with van der Waals surface area (Å²) in [6.07, 6.45) is 1.32. The molecule has 1 N–H and O–H groups in total. The molecule has 108 valence electrons. The topological polar surface area (TPSA) is 45.2 Å². The molecule has 1 aliphatic rings. The minimum atomic E-state index is 0.112. The number of pyridine rings is 1. The summed E-state index contributed by atoms with van der Waals surface area (Å²) in [5, 5.41) is 3.56. The molecule has 1 amide bonds. The van der Waals surface area contributed by atoms with Crippen LogP contribution in [-0.2, 0) is 17.8 Å². The zero-order chi connectivity index (χ0) is 14.8. The summed E-state index contributed by atoms with van der Waals surface area (Å²) >= 11 is 6.22. The Labute approximate surface area is 128 Å². The zero-order valence-corrected chi connectivity index (χ0v) is 12.5. The van der Waals surface area contributed by atoms with Crippen LogP contribution in [0.3, 0.4) is 0 Å². The van der Waals surface area contributed by atoms with Crippen LogP contribution in [0.5, 0.6) is 0 Å². The van der Waals surface area contributed by atoms with E-state index < -0.39 is 0 Å². The Morgan fingerprint density at radius 1 is 1.24 bits per heavy atom. The second-order valence-corrected chi connectivity index (χ2v) is 5.39. The molecule has 0 spiro atoms. The third-order valence-corrected chi connectivity index (χ3v) is 4.02. The highest BCUT2D eigenvalue weighted by Gasteiger charge is 2.24. The van der Waals surface area contributed by atoms with Gasteiger partial charge in [-0.2, -0.15) is 0 Å². The number of rotatable bonds is 3. The summed E-state index contributed by atoms with van der Waals surface area (Å²) in [4.78, 5) is 18.5. The van der Waals surface area contributed by atoms with Crippen molar-refractivity contribution in [3.05, 3.63) is 52.7 Å². The normalized spacial score (nSPS) is 14.0. The SMILES string of the molecule is CNc1ccc(Cl)c(CN2C(=O)CCc3ccccc32)n1. The molecule has 4 nitrogen and oxygen atoms in total. The molecule has 0 unspecified atom stereocenters. The maximum absolute atomic E-state index is 12.3. The van der Waals surface area contributed by atoms with E-state index in [0.717, 1.165) is 17.9 Å². The van der Waals surface area contributed by atoms with Gasteiger partial charge in [0, 0.05) is 19.2 Å². The predicted octanol–water partition coefficient (Wildman–Crippen LogP) is 3.26. The van der Waals surface area contributed by atoms with Gasteiger partial charge < -0.3 is 10.2 Å². The van der Waals surface area contributed by atoms with Gasteiger partial charge >= 0.3 is 0 Å². The van der Waals surface area contributed by atoms with Crippen molar-refractivity contribution in [2.45, 2.75) is 19.4 Å². The average Bonchev–Trinajstić information content (AvgIpc) is 2.52. The van der Waals surface area contributed by atoms with E-state index in [1.54, 1.807) is 18.0 Å².